The van der Waals surface area contributed by atoms with Crippen LogP contribution >= 0.6 is 7.60 Å². The van der Waals surface area contributed by atoms with Crippen LogP contribution in [0.2, 0.25) is 0 Å². The molecule has 0 aromatic carbocycles. The van der Waals surface area contributed by atoms with E-state index in [-0.39, 0.29) is 41.9 Å². The lowest BCUT2D eigenvalue weighted by molar-refractivity contribution is -0.310. The maximum Gasteiger partial charge on any atom is 0.217 e. The Kier molecular flexibility index (Phi) is 10.2. The van der Waals surface area contributed by atoms with Crippen LogP contribution in [0.15, 0.2) is 11.4 Å². The third-order valence-corrected chi connectivity index (χ3v) is 4.79. The van der Waals surface area contributed by atoms with Crippen molar-refractivity contribution in [3.8, 4) is 6.07 Å². The molecule has 0 fully saturated rings. The summed E-state index contributed by atoms with van der Waals surface area (Å²) >= 11 is 0. The van der Waals surface area contributed by atoms with Crippen LogP contribution in [0, 0.1) is 29.1 Å². The summed E-state index contributed by atoms with van der Waals surface area (Å²) < 4.78 is 11.1. The van der Waals surface area contributed by atoms with Gasteiger partial charge in [-0.05, 0) is 44.0 Å². The molecule has 0 saturated carbocycles. The van der Waals surface area contributed by atoms with Gasteiger partial charge in [-0.15, -0.1) is 0 Å². The third-order valence-electron chi connectivity index (χ3n) is 3.72. The first-order valence-electron chi connectivity index (χ1n) is 7.03. The molecule has 8 nitrogen and oxygen atoms in total. The van der Waals surface area contributed by atoms with Gasteiger partial charge in [-0.25, -0.2) is 0 Å². The second-order valence-electron chi connectivity index (χ2n) is 5.97. The molecule has 134 valence electrons. The summed E-state index contributed by atoms with van der Waals surface area (Å²) in [4.78, 5) is 33.6. The van der Waals surface area contributed by atoms with E-state index in [4.69, 9.17) is 0 Å². The molecule has 1 aliphatic rings. The molecule has 0 aromatic heterocycles. The molecule has 0 radical (unpaired) electrons. The van der Waals surface area contributed by atoms with Crippen LogP contribution in [-0.2, 0) is 9.36 Å². The zero-order valence-corrected chi connectivity index (χ0v) is 15.4. The normalized spacial score (nSPS) is 22.0. The zero-order valence-electron chi connectivity index (χ0n) is 14.5. The number of amides is 1. The maximum absolute atomic E-state index is 11.3. The summed E-state index contributed by atoms with van der Waals surface area (Å²) in [5, 5.41) is 11.9. The van der Waals surface area contributed by atoms with Crippen LogP contribution in [0.4, 0.5) is 0 Å². The highest BCUT2D eigenvalue weighted by Gasteiger charge is 2.33. The quantitative estimate of drug-likeness (QED) is 0.635. The van der Waals surface area contributed by atoms with Crippen molar-refractivity contribution in [2.24, 2.45) is 17.8 Å². The fourth-order valence-electron chi connectivity index (χ4n) is 2.82. The van der Waals surface area contributed by atoms with E-state index in [1.807, 2.05) is 13.8 Å². The zero-order chi connectivity index (χ0) is 16.2. The van der Waals surface area contributed by atoms with Crippen molar-refractivity contribution in [3.63, 3.8) is 0 Å². The number of nitriles is 1. The molecule has 23 heavy (non-hydrogen) atoms. The second-order valence-corrected chi connectivity index (χ2v) is 7.54. The summed E-state index contributed by atoms with van der Waals surface area (Å²) in [6.45, 7) is 5.45. The van der Waals surface area contributed by atoms with Crippen molar-refractivity contribution in [2.45, 2.75) is 46.1 Å². The molecule has 0 bridgehead atoms. The maximum atomic E-state index is 11.3. The Balaban J connectivity index is 0. The minimum atomic E-state index is -4.78. The number of nitrogens with zero attached hydrogens (tertiary/aromatic N) is 1. The largest absolute Gasteiger partial charge is 0.808 e. The Morgan fingerprint density at radius 3 is 2.43 bits per heavy atom. The molecule has 0 saturated heterocycles. The average Bonchev–Trinajstić information content (AvgIpc) is 2.35. The van der Waals surface area contributed by atoms with E-state index in [9.17, 15) is 24.4 Å². The highest BCUT2D eigenvalue weighted by atomic mass is 31.2. The van der Waals surface area contributed by atoms with Crippen molar-refractivity contribution in [1.29, 1.82) is 5.26 Å². The number of rotatable bonds is 5. The Hall–Kier alpha value is -1.23. The minimum Gasteiger partial charge on any atom is -0.808 e. The molecule has 0 aliphatic heterocycles. The molecule has 1 amide bonds. The first-order chi connectivity index (χ1) is 9.65. The van der Waals surface area contributed by atoms with E-state index in [2.05, 4.69) is 11.4 Å². The number of allylic oxidation sites excluding steroid dienone is 2. The lowest BCUT2D eigenvalue weighted by Crippen LogP contribution is -2.43. The van der Waals surface area contributed by atoms with Crippen LogP contribution in [0.5, 0.6) is 0 Å². The fraction of sp³-hybridized carbons (Fsp3) is 0.714. The Bertz CT molecular complexity index is 509. The van der Waals surface area contributed by atoms with Crippen LogP contribution in [0.1, 0.15) is 40.0 Å². The van der Waals surface area contributed by atoms with Gasteiger partial charge in [-0.2, -0.15) is 5.26 Å². The SMILES string of the molecule is CC(=O)N[C@@H](CC(C)C)[C@@H]1CC=C(P(=O)([O-])[O-])C[C@H]1C#N.[NH4+].[NH4+]. The summed E-state index contributed by atoms with van der Waals surface area (Å²) in [5.74, 6) is -0.587. The number of nitrogens with one attached hydrogen (secondary N) is 1. The van der Waals surface area contributed by atoms with Gasteiger partial charge in [0.2, 0.25) is 5.91 Å². The number of quaternary nitrogens is 2. The molecule has 0 spiro atoms. The molecule has 3 atom stereocenters. The summed E-state index contributed by atoms with van der Waals surface area (Å²) in [7, 11) is -4.78. The summed E-state index contributed by atoms with van der Waals surface area (Å²) in [5.41, 5.74) is 0. The molecular weight excluding hydrogens is 319 g/mol. The summed E-state index contributed by atoms with van der Waals surface area (Å²) in [6.07, 6.45) is 2.38. The van der Waals surface area contributed by atoms with Crippen LogP contribution in [0.25, 0.3) is 0 Å². The lowest BCUT2D eigenvalue weighted by atomic mass is 9.76. The molecule has 1 aliphatic carbocycles. The van der Waals surface area contributed by atoms with Gasteiger partial charge in [0.25, 0.3) is 0 Å². The molecule has 9 heteroatoms. The van der Waals surface area contributed by atoms with E-state index in [0.29, 0.717) is 18.8 Å². The second kappa shape index (κ2) is 9.81. The molecule has 0 aromatic rings. The highest BCUT2D eigenvalue weighted by Crippen LogP contribution is 2.46. The lowest BCUT2D eigenvalue weighted by Gasteiger charge is -2.40. The van der Waals surface area contributed by atoms with E-state index in [0.717, 1.165) is 0 Å². The number of hydrogen-bond donors (Lipinski definition) is 3. The van der Waals surface area contributed by atoms with Gasteiger partial charge in [-0.3, -0.25) is 4.79 Å². The third kappa shape index (κ3) is 7.25. The fourth-order valence-corrected chi connectivity index (χ4v) is 3.57. The molecular formula is C14H29N4O4P. The molecule has 0 unspecified atom stereocenters. The van der Waals surface area contributed by atoms with Crippen LogP contribution in [-0.4, -0.2) is 11.9 Å². The van der Waals surface area contributed by atoms with E-state index in [1.165, 1.54) is 13.0 Å². The van der Waals surface area contributed by atoms with Crippen molar-refractivity contribution >= 4 is 13.5 Å². The van der Waals surface area contributed by atoms with Crippen molar-refractivity contribution in [2.75, 3.05) is 0 Å². The van der Waals surface area contributed by atoms with Crippen LogP contribution < -0.4 is 27.4 Å². The smallest absolute Gasteiger partial charge is 0.217 e. The predicted octanol–water partition coefficient (Wildman–Crippen LogP) is 1.64. The van der Waals surface area contributed by atoms with Crippen molar-refractivity contribution < 1.29 is 19.1 Å². The van der Waals surface area contributed by atoms with Gasteiger partial charge < -0.3 is 32.0 Å². The first kappa shape index (κ1) is 24.0. The highest BCUT2D eigenvalue weighted by molar-refractivity contribution is 7.53. The molecule has 0 heterocycles. The molecule has 1 rings (SSSR count). The summed E-state index contributed by atoms with van der Waals surface area (Å²) in [6, 6.07) is 1.90. The Morgan fingerprint density at radius 1 is 1.48 bits per heavy atom. The number of carbonyl (C=O) groups is 1. The number of carbonyl (C=O) groups excluding carboxylic acids is 1. The van der Waals surface area contributed by atoms with Crippen molar-refractivity contribution in [3.05, 3.63) is 11.4 Å². The van der Waals surface area contributed by atoms with Gasteiger partial charge in [0.1, 0.15) is 0 Å². The van der Waals surface area contributed by atoms with Crippen molar-refractivity contribution in [1.82, 2.24) is 17.6 Å². The van der Waals surface area contributed by atoms with E-state index < -0.39 is 13.5 Å². The van der Waals surface area contributed by atoms with E-state index >= 15 is 0 Å². The first-order valence-corrected chi connectivity index (χ1v) is 8.57. The van der Waals surface area contributed by atoms with Gasteiger partial charge >= 0.3 is 0 Å². The monoisotopic (exact) mass is 348 g/mol. The Labute approximate surface area is 137 Å². The Morgan fingerprint density at radius 2 is 2.04 bits per heavy atom. The predicted molar refractivity (Wildman–Crippen MR) is 86.5 cm³/mol. The molecule has 9 N–H and O–H groups in total. The number of hydrogen-bond acceptors (Lipinski definition) is 5. The standard InChI is InChI=1S/C14H23N2O4P.2H3N/c1-9(2)6-14(16-10(3)17)13-5-4-12(21(18,19)20)7-11(13)8-15;;/h4,9,11,13-14H,5-7H2,1-3H3,(H,16,17)(H2,18,19,20);2*1H3/t11-,13+,14-;;/m0../s1. The minimum absolute atomic E-state index is 0. The van der Waals surface area contributed by atoms with Gasteiger partial charge in [0, 0.05) is 13.0 Å². The van der Waals surface area contributed by atoms with Gasteiger partial charge in [0.15, 0.2) is 0 Å². The van der Waals surface area contributed by atoms with Crippen LogP contribution in [0.3, 0.4) is 0 Å². The van der Waals surface area contributed by atoms with E-state index in [1.54, 1.807) is 0 Å². The average molecular weight is 348 g/mol. The topological polar surface area (TPSA) is 189 Å². The van der Waals surface area contributed by atoms with Gasteiger partial charge in [-0.1, -0.05) is 19.9 Å². The van der Waals surface area contributed by atoms with Gasteiger partial charge in [0.05, 0.1) is 12.0 Å².